The first-order valence-electron chi connectivity index (χ1n) is 8.12. The maximum atomic E-state index is 12.1. The Morgan fingerprint density at radius 1 is 0.958 bits per heavy atom. The molecule has 0 aliphatic heterocycles. The smallest absolute Gasteiger partial charge is 0.329 e. The highest BCUT2D eigenvalue weighted by atomic mass is 16.6. The molecule has 24 heavy (non-hydrogen) atoms. The number of esters is 1. The molecule has 2 N–H and O–H groups in total. The van der Waals surface area contributed by atoms with Crippen LogP contribution < -0.4 is 10.6 Å². The number of hydrogen-bond donors (Lipinski definition) is 2. The van der Waals surface area contributed by atoms with Crippen LogP contribution in [0.3, 0.4) is 0 Å². The van der Waals surface area contributed by atoms with Gasteiger partial charge in [-0.1, -0.05) is 27.7 Å². The monoisotopic (exact) mass is 346 g/mol. The zero-order chi connectivity index (χ0) is 19.5. The van der Waals surface area contributed by atoms with Gasteiger partial charge in [0, 0.05) is 6.04 Å². The number of rotatable bonds is 6. The Kier molecular flexibility index (Phi) is 11.9. The predicted molar refractivity (Wildman–Crippen MR) is 93.5 cm³/mol. The Labute approximate surface area is 145 Å². The van der Waals surface area contributed by atoms with E-state index in [1.54, 1.807) is 0 Å². The summed E-state index contributed by atoms with van der Waals surface area (Å²) in [5.41, 5.74) is -0.562. The minimum atomic E-state index is -0.645. The van der Waals surface area contributed by atoms with Gasteiger partial charge in [0.25, 0.3) is 6.47 Å². The summed E-state index contributed by atoms with van der Waals surface area (Å²) in [6.45, 7) is 15.5. The molecule has 142 valence electrons. The van der Waals surface area contributed by atoms with E-state index in [1.807, 2.05) is 55.4 Å². The van der Waals surface area contributed by atoms with E-state index < -0.39 is 17.6 Å². The lowest BCUT2D eigenvalue weighted by atomic mass is 10.0. The number of carbonyl (C=O) groups excluding carboxylic acids is 3. The summed E-state index contributed by atoms with van der Waals surface area (Å²) >= 11 is 0. The van der Waals surface area contributed by atoms with E-state index in [1.165, 1.54) is 7.11 Å². The average molecular weight is 346 g/mol. The molecule has 0 spiro atoms. The molecule has 0 fully saturated rings. The molecule has 0 aromatic rings. The van der Waals surface area contributed by atoms with Gasteiger partial charge in [-0.15, -0.1) is 0 Å². The van der Waals surface area contributed by atoms with Crippen molar-refractivity contribution >= 4 is 18.5 Å². The third-order valence-corrected chi connectivity index (χ3v) is 3.07. The van der Waals surface area contributed by atoms with Crippen molar-refractivity contribution < 1.29 is 23.9 Å². The summed E-state index contributed by atoms with van der Waals surface area (Å²) < 4.78 is 9.19. The third-order valence-electron chi connectivity index (χ3n) is 3.07. The molecule has 7 nitrogen and oxygen atoms in total. The van der Waals surface area contributed by atoms with Crippen molar-refractivity contribution in [1.29, 1.82) is 0 Å². The fraction of sp³-hybridized carbons (Fsp3) is 0.824. The first-order valence-corrected chi connectivity index (χ1v) is 8.12. The number of carbonyl (C=O) groups is 3. The van der Waals surface area contributed by atoms with Gasteiger partial charge in [-0.3, -0.25) is 4.79 Å². The Morgan fingerprint density at radius 2 is 1.42 bits per heavy atom. The van der Waals surface area contributed by atoms with Gasteiger partial charge < -0.3 is 20.1 Å². The standard InChI is InChI=1S/C15H30N2O3.C2H4O2/c1-9(2)11(5)16-14(19)17-12(10(3)4)13(18)20-15(6,7)8;1-4-2-3/h9-12H,1-8H3,(H2,16,17,19);2H,1H3. The molecule has 0 saturated heterocycles. The van der Waals surface area contributed by atoms with E-state index in [-0.39, 0.29) is 18.0 Å². The highest BCUT2D eigenvalue weighted by molar-refractivity contribution is 5.84. The molecule has 2 atom stereocenters. The first kappa shape index (κ1) is 24.5. The minimum absolute atomic E-state index is 0.0371. The fourth-order valence-corrected chi connectivity index (χ4v) is 1.42. The van der Waals surface area contributed by atoms with Crippen LogP contribution in [0.5, 0.6) is 0 Å². The van der Waals surface area contributed by atoms with Crippen molar-refractivity contribution in [3.8, 4) is 0 Å². The van der Waals surface area contributed by atoms with Crippen LogP contribution in [-0.4, -0.2) is 43.3 Å². The van der Waals surface area contributed by atoms with Crippen molar-refractivity contribution in [1.82, 2.24) is 10.6 Å². The molecular weight excluding hydrogens is 312 g/mol. The second-order valence-electron chi connectivity index (χ2n) is 7.24. The Bertz CT molecular complexity index is 389. The molecule has 0 rings (SSSR count). The average Bonchev–Trinajstić information content (AvgIpc) is 2.42. The predicted octanol–water partition coefficient (Wildman–Crippen LogP) is 2.49. The number of nitrogens with one attached hydrogen (secondary N) is 2. The molecule has 0 aliphatic carbocycles. The van der Waals surface area contributed by atoms with Crippen molar-refractivity contribution in [2.45, 2.75) is 73.1 Å². The third kappa shape index (κ3) is 12.7. The van der Waals surface area contributed by atoms with Crippen molar-refractivity contribution in [2.24, 2.45) is 11.8 Å². The van der Waals surface area contributed by atoms with Crippen molar-refractivity contribution in [3.63, 3.8) is 0 Å². The van der Waals surface area contributed by atoms with Crippen LogP contribution in [0.2, 0.25) is 0 Å². The van der Waals surface area contributed by atoms with E-state index in [2.05, 4.69) is 15.4 Å². The van der Waals surface area contributed by atoms with Gasteiger partial charge in [0.05, 0.1) is 7.11 Å². The van der Waals surface area contributed by atoms with Crippen molar-refractivity contribution in [2.75, 3.05) is 7.11 Å². The highest BCUT2D eigenvalue weighted by Gasteiger charge is 2.29. The molecule has 2 unspecified atom stereocenters. The van der Waals surface area contributed by atoms with Crippen LogP contribution in [-0.2, 0) is 19.1 Å². The summed E-state index contributed by atoms with van der Waals surface area (Å²) in [4.78, 5) is 33.0. The summed E-state index contributed by atoms with van der Waals surface area (Å²) in [5.74, 6) is -0.107. The van der Waals surface area contributed by atoms with Crippen LogP contribution in [0.4, 0.5) is 4.79 Å². The SMILES string of the molecule is CC(C)C(C)NC(=O)NC(C(=O)OC(C)(C)C)C(C)C.COC=O. The summed E-state index contributed by atoms with van der Waals surface area (Å²) in [6.07, 6.45) is 0. The van der Waals surface area contributed by atoms with E-state index in [0.29, 0.717) is 12.4 Å². The highest BCUT2D eigenvalue weighted by Crippen LogP contribution is 2.12. The van der Waals surface area contributed by atoms with Gasteiger partial charge in [0.2, 0.25) is 0 Å². The normalized spacial score (nSPS) is 13.3. The Hall–Kier alpha value is -1.79. The first-order chi connectivity index (χ1) is 10.9. The molecule has 0 aromatic heterocycles. The molecule has 0 heterocycles. The van der Waals surface area contributed by atoms with Gasteiger partial charge in [-0.25, -0.2) is 9.59 Å². The van der Waals surface area contributed by atoms with Gasteiger partial charge in [-0.05, 0) is 39.5 Å². The molecular formula is C17H34N2O5. The molecule has 2 amide bonds. The summed E-state index contributed by atoms with van der Waals surface area (Å²) in [5, 5.41) is 5.52. The largest absolute Gasteiger partial charge is 0.471 e. The quantitative estimate of drug-likeness (QED) is 0.569. The molecule has 0 bridgehead atoms. The van der Waals surface area contributed by atoms with Gasteiger partial charge in [-0.2, -0.15) is 0 Å². The van der Waals surface area contributed by atoms with Crippen molar-refractivity contribution in [3.05, 3.63) is 0 Å². The van der Waals surface area contributed by atoms with E-state index in [4.69, 9.17) is 9.53 Å². The molecule has 0 aromatic carbocycles. The molecule has 0 saturated carbocycles. The minimum Gasteiger partial charge on any atom is -0.471 e. The van der Waals surface area contributed by atoms with Gasteiger partial charge in [0.1, 0.15) is 11.6 Å². The van der Waals surface area contributed by atoms with E-state index in [9.17, 15) is 9.59 Å². The number of hydrogen-bond acceptors (Lipinski definition) is 5. The van der Waals surface area contributed by atoms with E-state index >= 15 is 0 Å². The van der Waals surface area contributed by atoms with Crippen LogP contribution in [0.25, 0.3) is 0 Å². The lowest BCUT2D eigenvalue weighted by molar-refractivity contribution is -0.158. The molecule has 0 aliphatic rings. The molecule has 0 radical (unpaired) electrons. The number of ether oxygens (including phenoxy) is 2. The summed E-state index contributed by atoms with van der Waals surface area (Å²) in [7, 11) is 1.31. The Balaban J connectivity index is 0. The molecule has 7 heteroatoms. The maximum Gasteiger partial charge on any atom is 0.329 e. The van der Waals surface area contributed by atoms with Crippen LogP contribution >= 0.6 is 0 Å². The zero-order valence-corrected chi connectivity index (χ0v) is 16.4. The van der Waals surface area contributed by atoms with Gasteiger partial charge >= 0.3 is 12.0 Å². The fourth-order valence-electron chi connectivity index (χ4n) is 1.42. The lowest BCUT2D eigenvalue weighted by Gasteiger charge is -2.27. The number of methoxy groups -OCH3 is 1. The Morgan fingerprint density at radius 3 is 1.71 bits per heavy atom. The zero-order valence-electron chi connectivity index (χ0n) is 16.4. The lowest BCUT2D eigenvalue weighted by Crippen LogP contribution is -2.52. The van der Waals surface area contributed by atoms with Gasteiger partial charge in [0.15, 0.2) is 0 Å². The number of urea groups is 1. The summed E-state index contributed by atoms with van der Waals surface area (Å²) in [6, 6.07) is -0.939. The van der Waals surface area contributed by atoms with E-state index in [0.717, 1.165) is 0 Å². The van der Waals surface area contributed by atoms with Crippen LogP contribution in [0.15, 0.2) is 0 Å². The topological polar surface area (TPSA) is 93.7 Å². The van der Waals surface area contributed by atoms with Crippen LogP contribution in [0, 0.1) is 11.8 Å². The van der Waals surface area contributed by atoms with Crippen LogP contribution in [0.1, 0.15) is 55.4 Å². The second-order valence-corrected chi connectivity index (χ2v) is 7.24. The number of amides is 2. The second kappa shape index (κ2) is 11.7. The maximum absolute atomic E-state index is 12.1.